The molecule has 0 saturated heterocycles. The van der Waals surface area contributed by atoms with Crippen LogP contribution in [0.1, 0.15) is 20.3 Å². The topological polar surface area (TPSA) is 12.0 Å². The molecule has 1 heterocycles. The second-order valence-electron chi connectivity index (χ2n) is 2.66. The molecule has 53 valence electrons. The first-order valence-corrected chi connectivity index (χ1v) is 3.23. The van der Waals surface area contributed by atoms with Crippen LogP contribution in [0, 0.1) is 12.1 Å². The maximum atomic E-state index is 3.84. The Bertz CT molecular complexity index is 161. The van der Waals surface area contributed by atoms with Crippen LogP contribution in [0.25, 0.3) is 0 Å². The van der Waals surface area contributed by atoms with Gasteiger partial charge >= 0.3 is 0 Å². The predicted molar refractivity (Wildman–Crippen MR) is 38.5 cm³/mol. The molecule has 0 aromatic carbocycles. The van der Waals surface area contributed by atoms with E-state index in [1.165, 1.54) is 5.57 Å². The van der Waals surface area contributed by atoms with Crippen molar-refractivity contribution in [2.24, 2.45) is 5.92 Å². The van der Waals surface area contributed by atoms with E-state index in [9.17, 15) is 0 Å². The second kappa shape index (κ2) is 4.30. The van der Waals surface area contributed by atoms with Crippen molar-refractivity contribution >= 4 is 0 Å². The number of hydrogen-bond acceptors (Lipinski definition) is 1. The van der Waals surface area contributed by atoms with Gasteiger partial charge in [-0.15, -0.1) is 11.3 Å². The Labute approximate surface area is 87.8 Å². The Hall–Kier alpha value is 0.384. The average Bonchev–Trinajstić information content (AvgIpc) is 1.80. The van der Waals surface area contributed by atoms with Crippen LogP contribution in [0.4, 0.5) is 0 Å². The summed E-state index contributed by atoms with van der Waals surface area (Å²) in [5.74, 6) is 0.575. The molecule has 0 saturated carbocycles. The Morgan fingerprint density at radius 3 is 2.70 bits per heavy atom. The zero-order valence-electron chi connectivity index (χ0n) is 6.57. The van der Waals surface area contributed by atoms with Crippen LogP contribution in [0.2, 0.25) is 0 Å². The molecule has 1 unspecified atom stereocenters. The SMILES string of the molecule is C=C1N[C-]=C(C)CC1C.[Y]. The van der Waals surface area contributed by atoms with Gasteiger partial charge in [0.15, 0.2) is 0 Å². The monoisotopic (exact) mass is 211 g/mol. The van der Waals surface area contributed by atoms with E-state index < -0.39 is 0 Å². The summed E-state index contributed by atoms with van der Waals surface area (Å²) in [5, 5.41) is 3.00. The normalized spacial score (nSPS) is 24.4. The van der Waals surface area contributed by atoms with Crippen molar-refractivity contribution in [2.45, 2.75) is 20.3 Å². The average molecular weight is 211 g/mol. The van der Waals surface area contributed by atoms with Crippen LogP contribution in [-0.4, -0.2) is 0 Å². The van der Waals surface area contributed by atoms with Crippen molar-refractivity contribution in [1.29, 1.82) is 0 Å². The van der Waals surface area contributed by atoms with Crippen molar-refractivity contribution in [3.63, 3.8) is 0 Å². The number of rotatable bonds is 0. The van der Waals surface area contributed by atoms with E-state index >= 15 is 0 Å². The summed E-state index contributed by atoms with van der Waals surface area (Å²) in [6, 6.07) is 0. The summed E-state index contributed by atoms with van der Waals surface area (Å²) in [6.07, 6.45) is 4.13. The molecule has 0 fully saturated rings. The van der Waals surface area contributed by atoms with Gasteiger partial charge in [0.1, 0.15) is 0 Å². The summed E-state index contributed by atoms with van der Waals surface area (Å²) < 4.78 is 0. The molecule has 0 aromatic rings. The van der Waals surface area contributed by atoms with Crippen LogP contribution in [0.5, 0.6) is 0 Å². The Kier molecular flexibility index (Phi) is 4.47. The van der Waals surface area contributed by atoms with Crippen LogP contribution in [0.3, 0.4) is 0 Å². The molecular weight excluding hydrogens is 199 g/mol. The van der Waals surface area contributed by atoms with Crippen LogP contribution in [-0.2, 0) is 32.7 Å². The van der Waals surface area contributed by atoms with E-state index in [1.807, 2.05) is 0 Å². The molecule has 1 rings (SSSR count). The third kappa shape index (κ3) is 2.55. The molecule has 1 nitrogen and oxygen atoms in total. The Morgan fingerprint density at radius 2 is 2.30 bits per heavy atom. The number of nitrogens with one attached hydrogen (secondary N) is 1. The molecule has 10 heavy (non-hydrogen) atoms. The van der Waals surface area contributed by atoms with Crippen LogP contribution >= 0.6 is 0 Å². The summed E-state index contributed by atoms with van der Waals surface area (Å²) in [7, 11) is 0. The van der Waals surface area contributed by atoms with Gasteiger partial charge in [-0.25, -0.2) is 0 Å². The maximum Gasteiger partial charge on any atom is 0 e. The minimum atomic E-state index is 0. The molecule has 1 aliphatic rings. The largest absolute Gasteiger partial charge is 0.527 e. The maximum absolute atomic E-state index is 3.84. The fraction of sp³-hybridized carbons (Fsp3) is 0.500. The van der Waals surface area contributed by atoms with Crippen molar-refractivity contribution in [2.75, 3.05) is 0 Å². The summed E-state index contributed by atoms with van der Waals surface area (Å²) >= 11 is 0. The van der Waals surface area contributed by atoms with E-state index in [-0.39, 0.29) is 32.7 Å². The van der Waals surface area contributed by atoms with Gasteiger partial charge in [0.05, 0.1) is 0 Å². The molecule has 0 spiro atoms. The summed E-state index contributed by atoms with van der Waals surface area (Å²) in [5.41, 5.74) is 2.37. The zero-order chi connectivity index (χ0) is 6.85. The van der Waals surface area contributed by atoms with E-state index in [0.717, 1.165) is 12.1 Å². The fourth-order valence-corrected chi connectivity index (χ4v) is 0.944. The molecule has 1 atom stereocenters. The Morgan fingerprint density at radius 1 is 1.70 bits per heavy atom. The van der Waals surface area contributed by atoms with Gasteiger partial charge in [0, 0.05) is 32.7 Å². The van der Waals surface area contributed by atoms with Gasteiger partial charge in [-0.3, -0.25) is 0 Å². The Balaban J connectivity index is 0.000000810. The molecule has 1 radical (unpaired) electrons. The molecule has 0 aliphatic carbocycles. The first-order chi connectivity index (χ1) is 4.20. The van der Waals surface area contributed by atoms with Crippen molar-refractivity contribution in [1.82, 2.24) is 5.32 Å². The van der Waals surface area contributed by atoms with Crippen molar-refractivity contribution in [3.8, 4) is 0 Å². The van der Waals surface area contributed by atoms with E-state index in [2.05, 4.69) is 31.9 Å². The standard InChI is InChI=1S/C8H12N.Y/c1-6-4-7(2)8(3)9-5-6;/h7,9H,3-4H2,1-2H3;/q-1;. The van der Waals surface area contributed by atoms with E-state index in [0.29, 0.717) is 5.92 Å². The number of allylic oxidation sites excluding steroid dienone is 2. The summed E-state index contributed by atoms with van der Waals surface area (Å²) in [4.78, 5) is 0. The smallest absolute Gasteiger partial charge is 0 e. The molecular formula is C8H12NY-. The van der Waals surface area contributed by atoms with Crippen LogP contribution in [0.15, 0.2) is 17.8 Å². The minimum Gasteiger partial charge on any atom is -0.527 e. The quantitative estimate of drug-likeness (QED) is 0.603. The van der Waals surface area contributed by atoms with E-state index in [1.54, 1.807) is 0 Å². The fourth-order valence-electron chi connectivity index (χ4n) is 0.944. The minimum absolute atomic E-state index is 0. The third-order valence-electron chi connectivity index (χ3n) is 1.64. The molecule has 2 heteroatoms. The first-order valence-electron chi connectivity index (χ1n) is 3.23. The van der Waals surface area contributed by atoms with Gasteiger partial charge in [0.25, 0.3) is 0 Å². The molecule has 1 aliphatic heterocycles. The van der Waals surface area contributed by atoms with Gasteiger partial charge in [-0.05, 0) is 0 Å². The zero-order valence-corrected chi connectivity index (χ0v) is 9.41. The van der Waals surface area contributed by atoms with Gasteiger partial charge in [0.2, 0.25) is 0 Å². The molecule has 1 N–H and O–H groups in total. The van der Waals surface area contributed by atoms with E-state index in [4.69, 9.17) is 0 Å². The molecule has 0 bridgehead atoms. The third-order valence-corrected chi connectivity index (χ3v) is 1.64. The second-order valence-corrected chi connectivity index (χ2v) is 2.66. The van der Waals surface area contributed by atoms with Crippen molar-refractivity contribution < 1.29 is 32.7 Å². The van der Waals surface area contributed by atoms with Crippen LogP contribution < -0.4 is 5.32 Å². The molecule has 0 aromatic heterocycles. The number of hydrogen-bond donors (Lipinski definition) is 1. The van der Waals surface area contributed by atoms with Crippen molar-refractivity contribution in [3.05, 3.63) is 24.0 Å². The van der Waals surface area contributed by atoms with Gasteiger partial charge in [-0.2, -0.15) is 12.8 Å². The predicted octanol–water partition coefficient (Wildman–Crippen LogP) is 1.83. The van der Waals surface area contributed by atoms with Gasteiger partial charge < -0.3 is 5.32 Å². The summed E-state index contributed by atoms with van der Waals surface area (Å²) in [6.45, 7) is 8.09. The van der Waals surface area contributed by atoms with Gasteiger partial charge in [-0.1, -0.05) is 26.2 Å². The first kappa shape index (κ1) is 10.4. The molecule has 0 amide bonds.